The molecule has 2 fully saturated rings. The number of carbonyl (C=O) groups excluding carboxylic acids is 2. The number of hydrogen-bond acceptors (Lipinski definition) is 12. The van der Waals surface area contributed by atoms with Gasteiger partial charge in [-0.15, -0.1) is 0 Å². The van der Waals surface area contributed by atoms with Crippen LogP contribution in [0.15, 0.2) is 107 Å². The highest BCUT2D eigenvalue weighted by molar-refractivity contribution is 7.89. The number of nitrogens with zero attached hydrogens (tertiary/aromatic N) is 2. The van der Waals surface area contributed by atoms with Crippen LogP contribution in [0.5, 0.6) is 0 Å². The highest BCUT2D eigenvalue weighted by Gasteiger charge is 2.28. The predicted molar refractivity (Wildman–Crippen MR) is 241 cm³/mol. The number of sulfonamides is 2. The first-order chi connectivity index (χ1) is 30.5. The average molecular weight is 923 g/mol. The first-order valence-electron chi connectivity index (χ1n) is 20.6. The number of carboxylic acid groups (broad SMARTS) is 2. The van der Waals surface area contributed by atoms with Crippen molar-refractivity contribution in [2.75, 3.05) is 73.0 Å². The minimum absolute atomic E-state index is 0.00564. The molecule has 0 unspecified atom stereocenters. The minimum atomic E-state index is -4.00. The maximum Gasteiger partial charge on any atom is 0.303 e. The molecule has 0 aliphatic carbocycles. The van der Waals surface area contributed by atoms with Gasteiger partial charge >= 0.3 is 11.9 Å². The van der Waals surface area contributed by atoms with Gasteiger partial charge in [-0.25, -0.2) is 16.8 Å². The first kappa shape index (κ1) is 49.1. The Hall–Kier alpha value is -5.90. The molecule has 2 heterocycles. The van der Waals surface area contributed by atoms with E-state index >= 15 is 0 Å². The SMILES string of the molecule is Cc1ccc(S(=O)(=O)N[C@@H](CCC(=O)O)C(=O)Nc2ccc(N3CCOCC3)cc2)cc1.Cc1ccc(S(=O)(=O)N[C@@H](CCC(=O)O)C(=O)Nc2ccc(N3CCOCC3)cc2)cc1. The van der Waals surface area contributed by atoms with Gasteiger partial charge in [-0.3, -0.25) is 19.2 Å². The number of ether oxygens (including phenoxy) is 2. The smallest absolute Gasteiger partial charge is 0.303 e. The van der Waals surface area contributed by atoms with Crippen LogP contribution in [-0.2, 0) is 48.7 Å². The second-order valence-electron chi connectivity index (χ2n) is 15.1. The second-order valence-corrected chi connectivity index (χ2v) is 18.5. The molecule has 4 aromatic rings. The molecule has 4 aromatic carbocycles. The molecule has 6 rings (SSSR count). The monoisotopic (exact) mass is 922 g/mol. The van der Waals surface area contributed by atoms with Crippen molar-refractivity contribution >= 4 is 66.5 Å². The lowest BCUT2D eigenvalue weighted by Gasteiger charge is -2.29. The van der Waals surface area contributed by atoms with Gasteiger partial charge in [0, 0.05) is 61.8 Å². The number of morpholine rings is 2. The number of aryl methyl sites for hydroxylation is 2. The van der Waals surface area contributed by atoms with Crippen LogP contribution in [0.1, 0.15) is 36.8 Å². The number of nitrogens with one attached hydrogen (secondary N) is 4. The molecule has 0 radical (unpaired) electrons. The molecule has 2 amide bonds. The van der Waals surface area contributed by atoms with Gasteiger partial charge in [0.1, 0.15) is 12.1 Å². The molecule has 344 valence electrons. The zero-order chi connectivity index (χ0) is 46.3. The number of aliphatic carboxylic acids is 2. The Morgan fingerprint density at radius 2 is 0.844 bits per heavy atom. The Bertz CT molecular complexity index is 2240. The molecular weight excluding hydrogens is 869 g/mol. The Labute approximate surface area is 373 Å². The number of carbonyl (C=O) groups is 4. The Balaban J connectivity index is 0.000000241. The molecule has 18 nitrogen and oxygen atoms in total. The van der Waals surface area contributed by atoms with Crippen molar-refractivity contribution in [3.05, 3.63) is 108 Å². The molecule has 2 aliphatic rings. The zero-order valence-electron chi connectivity index (χ0n) is 35.6. The van der Waals surface area contributed by atoms with E-state index in [1.807, 2.05) is 38.1 Å². The molecule has 6 N–H and O–H groups in total. The standard InChI is InChI=1S/2C22H27N3O6S/c2*1-16-2-8-19(9-3-16)32(29,30)24-20(10-11-21(26)27)22(28)23-17-4-6-18(7-5-17)25-12-14-31-15-13-25/h2*2-9,20,24H,10-15H2,1H3,(H,23,28)(H,26,27)/t2*20-/m00/s1. The Morgan fingerprint density at radius 3 is 1.14 bits per heavy atom. The van der Waals surface area contributed by atoms with Crippen LogP contribution >= 0.6 is 0 Å². The molecule has 2 atom stereocenters. The van der Waals surface area contributed by atoms with E-state index in [0.717, 1.165) is 48.7 Å². The highest BCUT2D eigenvalue weighted by atomic mass is 32.2. The van der Waals surface area contributed by atoms with Gasteiger partial charge in [0.15, 0.2) is 0 Å². The van der Waals surface area contributed by atoms with Crippen molar-refractivity contribution in [1.82, 2.24) is 9.44 Å². The number of amides is 2. The maximum atomic E-state index is 12.8. The van der Waals surface area contributed by atoms with Crippen molar-refractivity contribution in [1.29, 1.82) is 0 Å². The van der Waals surface area contributed by atoms with Crippen LogP contribution in [0.2, 0.25) is 0 Å². The number of carboxylic acids is 2. The van der Waals surface area contributed by atoms with E-state index in [0.29, 0.717) is 37.8 Å². The van der Waals surface area contributed by atoms with Crippen molar-refractivity contribution in [2.24, 2.45) is 0 Å². The Kier molecular flexibility index (Phi) is 17.8. The third kappa shape index (κ3) is 15.1. The summed E-state index contributed by atoms with van der Waals surface area (Å²) in [6, 6.07) is 24.2. The number of anilines is 4. The fraction of sp³-hybridized carbons (Fsp3) is 0.364. The summed E-state index contributed by atoms with van der Waals surface area (Å²) in [5.74, 6) is -3.48. The van der Waals surface area contributed by atoms with Crippen LogP contribution in [0.4, 0.5) is 22.7 Å². The van der Waals surface area contributed by atoms with Crippen LogP contribution in [-0.4, -0.2) is 115 Å². The number of hydrogen-bond donors (Lipinski definition) is 6. The number of rotatable bonds is 18. The molecular formula is C44H54N6O12S2. The van der Waals surface area contributed by atoms with Crippen LogP contribution < -0.4 is 29.9 Å². The fourth-order valence-corrected chi connectivity index (χ4v) is 9.04. The lowest BCUT2D eigenvalue weighted by atomic mass is 10.1. The van der Waals surface area contributed by atoms with Gasteiger partial charge in [-0.1, -0.05) is 35.4 Å². The largest absolute Gasteiger partial charge is 0.481 e. The molecule has 2 aliphatic heterocycles. The maximum absolute atomic E-state index is 12.8. The van der Waals surface area contributed by atoms with Crippen LogP contribution in [0.3, 0.4) is 0 Å². The molecule has 0 spiro atoms. The molecule has 0 saturated carbocycles. The van der Waals surface area contributed by atoms with Crippen molar-refractivity contribution < 1.29 is 55.7 Å². The second kappa shape index (κ2) is 23.2. The first-order valence-corrected chi connectivity index (χ1v) is 23.5. The van der Waals surface area contributed by atoms with Crippen LogP contribution in [0.25, 0.3) is 0 Å². The topological polar surface area (TPSA) is 250 Å². The molecule has 20 heteroatoms. The van der Waals surface area contributed by atoms with E-state index in [-0.39, 0.29) is 35.5 Å². The Morgan fingerprint density at radius 1 is 0.531 bits per heavy atom. The van der Waals surface area contributed by atoms with E-state index in [2.05, 4.69) is 29.9 Å². The summed E-state index contributed by atoms with van der Waals surface area (Å²) in [5, 5.41) is 23.4. The quantitative estimate of drug-likeness (QED) is 0.0827. The summed E-state index contributed by atoms with van der Waals surface area (Å²) in [4.78, 5) is 52.0. The summed E-state index contributed by atoms with van der Waals surface area (Å²) in [5.41, 5.74) is 4.75. The normalized spacial score (nSPS) is 15.2. The zero-order valence-corrected chi connectivity index (χ0v) is 37.2. The lowest BCUT2D eigenvalue weighted by molar-refractivity contribution is -0.138. The van der Waals surface area contributed by atoms with E-state index < -0.39 is 55.9 Å². The van der Waals surface area contributed by atoms with E-state index in [4.69, 9.17) is 19.7 Å². The van der Waals surface area contributed by atoms with Crippen molar-refractivity contribution in [3.8, 4) is 0 Å². The summed E-state index contributed by atoms with van der Waals surface area (Å²) in [6.07, 6.45) is -1.08. The van der Waals surface area contributed by atoms with Crippen molar-refractivity contribution in [2.45, 2.75) is 61.4 Å². The summed E-state index contributed by atoms with van der Waals surface area (Å²) >= 11 is 0. The highest BCUT2D eigenvalue weighted by Crippen LogP contribution is 2.22. The minimum Gasteiger partial charge on any atom is -0.481 e. The van der Waals surface area contributed by atoms with Crippen LogP contribution in [0, 0.1) is 13.8 Å². The molecule has 64 heavy (non-hydrogen) atoms. The summed E-state index contributed by atoms with van der Waals surface area (Å²) < 4.78 is 66.3. The predicted octanol–water partition coefficient (Wildman–Crippen LogP) is 3.96. The lowest BCUT2D eigenvalue weighted by Crippen LogP contribution is -2.44. The third-order valence-electron chi connectivity index (χ3n) is 10.2. The van der Waals surface area contributed by atoms with Crippen molar-refractivity contribution in [3.63, 3.8) is 0 Å². The summed E-state index contributed by atoms with van der Waals surface area (Å²) in [7, 11) is -8.01. The van der Waals surface area contributed by atoms with E-state index in [1.54, 1.807) is 48.5 Å². The van der Waals surface area contributed by atoms with Gasteiger partial charge in [-0.2, -0.15) is 9.44 Å². The summed E-state index contributed by atoms with van der Waals surface area (Å²) in [6.45, 7) is 9.42. The van der Waals surface area contributed by atoms with Gasteiger partial charge in [0.2, 0.25) is 31.9 Å². The molecule has 0 bridgehead atoms. The van der Waals surface area contributed by atoms with Gasteiger partial charge in [-0.05, 0) is 99.5 Å². The third-order valence-corrected chi connectivity index (χ3v) is 13.2. The van der Waals surface area contributed by atoms with Gasteiger partial charge in [0.25, 0.3) is 0 Å². The molecule has 2 saturated heterocycles. The van der Waals surface area contributed by atoms with Gasteiger partial charge < -0.3 is 40.1 Å². The van der Waals surface area contributed by atoms with E-state index in [9.17, 15) is 36.0 Å². The number of benzene rings is 4. The average Bonchev–Trinajstić information content (AvgIpc) is 3.28. The fourth-order valence-electron chi connectivity index (χ4n) is 6.58. The molecule has 0 aromatic heterocycles. The van der Waals surface area contributed by atoms with Gasteiger partial charge in [0.05, 0.1) is 36.2 Å². The van der Waals surface area contributed by atoms with E-state index in [1.165, 1.54) is 24.3 Å².